The van der Waals surface area contributed by atoms with E-state index in [0.717, 1.165) is 0 Å². The van der Waals surface area contributed by atoms with Crippen LogP contribution in [0, 0.1) is 5.95 Å². The molecule has 0 bridgehead atoms. The molecule has 8 heteroatoms. The number of hydrogen-bond acceptors (Lipinski definition) is 4. The van der Waals surface area contributed by atoms with E-state index in [2.05, 4.69) is 15.6 Å². The normalized spacial score (nSPS) is 10.6. The van der Waals surface area contributed by atoms with Crippen molar-refractivity contribution in [1.82, 2.24) is 9.38 Å². The van der Waals surface area contributed by atoms with Crippen molar-refractivity contribution < 1.29 is 18.7 Å². The van der Waals surface area contributed by atoms with Crippen LogP contribution < -0.4 is 10.6 Å². The first-order chi connectivity index (χ1) is 12.1. The first-order valence-corrected chi connectivity index (χ1v) is 7.41. The predicted molar refractivity (Wildman–Crippen MR) is 90.1 cm³/mol. The number of nitrogens with zero attached hydrogens (tertiary/aromatic N) is 2. The quantitative estimate of drug-likeness (QED) is 0.745. The Morgan fingerprint density at radius 2 is 1.80 bits per heavy atom. The van der Waals surface area contributed by atoms with Crippen LogP contribution in [-0.4, -0.2) is 34.9 Å². The van der Waals surface area contributed by atoms with Gasteiger partial charge >= 0.3 is 0 Å². The van der Waals surface area contributed by atoms with Crippen molar-refractivity contribution >= 4 is 28.8 Å². The molecule has 0 aliphatic heterocycles. The van der Waals surface area contributed by atoms with Crippen LogP contribution in [0.4, 0.5) is 15.8 Å². The van der Waals surface area contributed by atoms with Gasteiger partial charge in [0.15, 0.2) is 5.69 Å². The maximum atomic E-state index is 14.2. The summed E-state index contributed by atoms with van der Waals surface area (Å²) in [7, 11) is 1.43. The second-order valence-electron chi connectivity index (χ2n) is 5.19. The highest BCUT2D eigenvalue weighted by molar-refractivity contribution is 6.03. The number of carbonyl (C=O) groups excluding carboxylic acids is 2. The fourth-order valence-electron chi connectivity index (χ4n) is 2.27. The van der Waals surface area contributed by atoms with Gasteiger partial charge in [-0.05, 0) is 36.4 Å². The number of hydrogen-bond donors (Lipinski definition) is 2. The number of fused-ring (bicyclic) bond motifs is 1. The van der Waals surface area contributed by atoms with E-state index in [1.54, 1.807) is 42.5 Å². The summed E-state index contributed by atoms with van der Waals surface area (Å²) in [4.78, 5) is 27.7. The number of halogens is 1. The van der Waals surface area contributed by atoms with E-state index in [9.17, 15) is 14.0 Å². The lowest BCUT2D eigenvalue weighted by Crippen LogP contribution is -2.17. The van der Waals surface area contributed by atoms with Crippen LogP contribution in [0.5, 0.6) is 0 Å². The summed E-state index contributed by atoms with van der Waals surface area (Å²) in [6.07, 6.45) is 1.49. The molecule has 0 spiro atoms. The van der Waals surface area contributed by atoms with Crippen molar-refractivity contribution in [3.63, 3.8) is 0 Å². The van der Waals surface area contributed by atoms with Gasteiger partial charge in [-0.3, -0.25) is 14.0 Å². The molecule has 2 N–H and O–H groups in total. The van der Waals surface area contributed by atoms with E-state index in [1.165, 1.54) is 17.7 Å². The third kappa shape index (κ3) is 3.64. The Bertz CT molecular complexity index is 921. The van der Waals surface area contributed by atoms with E-state index in [1.807, 2.05) is 0 Å². The molecule has 0 radical (unpaired) electrons. The van der Waals surface area contributed by atoms with Gasteiger partial charge in [-0.1, -0.05) is 6.07 Å². The third-order valence-electron chi connectivity index (χ3n) is 3.39. The molecule has 25 heavy (non-hydrogen) atoms. The average molecular weight is 342 g/mol. The largest absolute Gasteiger partial charge is 0.375 e. The molecule has 1 aromatic carbocycles. The molecule has 3 aromatic rings. The van der Waals surface area contributed by atoms with Crippen LogP contribution in [0.15, 0.2) is 48.7 Å². The number of aromatic nitrogens is 2. The number of carbonyl (C=O) groups is 2. The summed E-state index contributed by atoms with van der Waals surface area (Å²) < 4.78 is 20.2. The SMILES string of the molecule is COCC(=O)Nc1ccc(NC(=O)c2nc3ccccn3c2F)cc1. The van der Waals surface area contributed by atoms with Crippen molar-refractivity contribution in [1.29, 1.82) is 0 Å². The molecule has 0 atom stereocenters. The van der Waals surface area contributed by atoms with Crippen molar-refractivity contribution in [2.24, 2.45) is 0 Å². The Hall–Kier alpha value is -3.26. The number of ether oxygens (including phenoxy) is 1. The van der Waals surface area contributed by atoms with Crippen LogP contribution in [0.3, 0.4) is 0 Å². The number of benzene rings is 1. The number of pyridine rings is 1. The Morgan fingerprint density at radius 1 is 1.12 bits per heavy atom. The number of amides is 2. The lowest BCUT2D eigenvalue weighted by atomic mass is 10.2. The smallest absolute Gasteiger partial charge is 0.279 e. The highest BCUT2D eigenvalue weighted by Crippen LogP contribution is 2.16. The lowest BCUT2D eigenvalue weighted by molar-refractivity contribution is -0.119. The molecule has 3 rings (SSSR count). The van der Waals surface area contributed by atoms with E-state index >= 15 is 0 Å². The fraction of sp³-hybridized carbons (Fsp3) is 0.118. The summed E-state index contributed by atoms with van der Waals surface area (Å²) in [5, 5.41) is 5.20. The number of nitrogens with one attached hydrogen (secondary N) is 2. The van der Waals surface area contributed by atoms with Gasteiger partial charge in [0.05, 0.1) is 0 Å². The molecule has 2 aromatic heterocycles. The van der Waals surface area contributed by atoms with Gasteiger partial charge < -0.3 is 15.4 Å². The molecule has 2 amide bonds. The van der Waals surface area contributed by atoms with E-state index in [4.69, 9.17) is 4.74 Å². The fourth-order valence-corrected chi connectivity index (χ4v) is 2.27. The first-order valence-electron chi connectivity index (χ1n) is 7.41. The zero-order chi connectivity index (χ0) is 17.8. The molecule has 0 saturated heterocycles. The molecule has 0 fully saturated rings. The Kier molecular flexibility index (Phi) is 4.71. The molecule has 0 aliphatic rings. The lowest BCUT2D eigenvalue weighted by Gasteiger charge is -2.07. The average Bonchev–Trinajstić information content (AvgIpc) is 2.94. The Labute approximate surface area is 142 Å². The number of rotatable bonds is 5. The van der Waals surface area contributed by atoms with Crippen LogP contribution in [0.2, 0.25) is 0 Å². The maximum Gasteiger partial charge on any atom is 0.279 e. The summed E-state index contributed by atoms with van der Waals surface area (Å²) in [6, 6.07) is 11.4. The van der Waals surface area contributed by atoms with Gasteiger partial charge in [0.1, 0.15) is 12.3 Å². The molecule has 0 aliphatic carbocycles. The van der Waals surface area contributed by atoms with Gasteiger partial charge in [0, 0.05) is 24.7 Å². The van der Waals surface area contributed by atoms with Gasteiger partial charge in [0.2, 0.25) is 11.9 Å². The molecule has 2 heterocycles. The van der Waals surface area contributed by atoms with E-state index < -0.39 is 11.9 Å². The molecular weight excluding hydrogens is 327 g/mol. The van der Waals surface area contributed by atoms with Crippen LogP contribution >= 0.6 is 0 Å². The topological polar surface area (TPSA) is 84.7 Å². The van der Waals surface area contributed by atoms with E-state index in [-0.39, 0.29) is 18.2 Å². The second-order valence-corrected chi connectivity index (χ2v) is 5.19. The highest BCUT2D eigenvalue weighted by Gasteiger charge is 2.18. The Morgan fingerprint density at radius 3 is 2.44 bits per heavy atom. The second kappa shape index (κ2) is 7.10. The minimum Gasteiger partial charge on any atom is -0.375 e. The van der Waals surface area contributed by atoms with Crippen LogP contribution in [-0.2, 0) is 9.53 Å². The van der Waals surface area contributed by atoms with Crippen molar-refractivity contribution in [2.45, 2.75) is 0 Å². The van der Waals surface area contributed by atoms with Crippen molar-refractivity contribution in [3.8, 4) is 0 Å². The number of methoxy groups -OCH3 is 1. The molecule has 0 unspecified atom stereocenters. The zero-order valence-electron chi connectivity index (χ0n) is 13.3. The summed E-state index contributed by atoms with van der Waals surface area (Å²) >= 11 is 0. The van der Waals surface area contributed by atoms with Gasteiger partial charge in [-0.25, -0.2) is 4.98 Å². The molecular formula is C17H15FN4O3. The minimum atomic E-state index is -0.725. The van der Waals surface area contributed by atoms with Gasteiger partial charge in [0.25, 0.3) is 5.91 Å². The summed E-state index contributed by atoms with van der Waals surface area (Å²) in [5.41, 5.74) is 1.06. The van der Waals surface area contributed by atoms with Crippen LogP contribution in [0.25, 0.3) is 5.65 Å². The molecule has 7 nitrogen and oxygen atoms in total. The van der Waals surface area contributed by atoms with Crippen LogP contribution in [0.1, 0.15) is 10.5 Å². The monoisotopic (exact) mass is 342 g/mol. The maximum absolute atomic E-state index is 14.2. The highest BCUT2D eigenvalue weighted by atomic mass is 19.1. The van der Waals surface area contributed by atoms with Gasteiger partial charge in [-0.15, -0.1) is 0 Å². The minimum absolute atomic E-state index is 0.0500. The van der Waals surface area contributed by atoms with Gasteiger partial charge in [-0.2, -0.15) is 4.39 Å². The number of anilines is 2. The van der Waals surface area contributed by atoms with Crippen molar-refractivity contribution in [3.05, 3.63) is 60.3 Å². The van der Waals surface area contributed by atoms with E-state index in [0.29, 0.717) is 17.0 Å². The first kappa shape index (κ1) is 16.6. The predicted octanol–water partition coefficient (Wildman–Crippen LogP) is 2.31. The summed E-state index contributed by atoms with van der Waals surface area (Å²) in [6.45, 7) is -0.0500. The Balaban J connectivity index is 1.72. The van der Waals surface area contributed by atoms with Crippen molar-refractivity contribution in [2.75, 3.05) is 24.4 Å². The zero-order valence-corrected chi connectivity index (χ0v) is 13.3. The summed E-state index contributed by atoms with van der Waals surface area (Å²) in [5.74, 6) is -1.67. The standard InChI is InChI=1S/C17H15FN4O3/c1-25-10-14(23)19-11-5-7-12(8-6-11)20-17(24)15-16(18)22-9-3-2-4-13(22)21-15/h2-9H,10H2,1H3,(H,19,23)(H,20,24). The molecule has 128 valence electrons. The number of imidazole rings is 1. The third-order valence-corrected chi connectivity index (χ3v) is 3.39. The molecule has 0 saturated carbocycles.